The summed E-state index contributed by atoms with van der Waals surface area (Å²) in [4.78, 5) is 31.2. The Hall–Kier alpha value is -3.39. The quantitative estimate of drug-likeness (QED) is 0.338. The lowest BCUT2D eigenvalue weighted by molar-refractivity contribution is -0.140. The van der Waals surface area contributed by atoms with Crippen molar-refractivity contribution in [3.05, 3.63) is 59.4 Å². The van der Waals surface area contributed by atoms with Crippen molar-refractivity contribution in [2.75, 3.05) is 33.5 Å². The molecule has 1 atom stereocenters. The van der Waals surface area contributed by atoms with Gasteiger partial charge in [-0.05, 0) is 42.3 Å². The van der Waals surface area contributed by atoms with Gasteiger partial charge in [-0.15, -0.1) is 0 Å². The van der Waals surface area contributed by atoms with Crippen LogP contribution in [0.25, 0.3) is 5.76 Å². The number of fused-ring (bicyclic) bond motifs is 1. The maximum atomic E-state index is 12.9. The molecule has 3 heterocycles. The molecule has 4 rings (SSSR count). The van der Waals surface area contributed by atoms with E-state index in [2.05, 4.69) is 4.98 Å². The molecule has 2 aliphatic rings. The van der Waals surface area contributed by atoms with Crippen LogP contribution in [0.5, 0.6) is 11.5 Å². The van der Waals surface area contributed by atoms with E-state index in [0.29, 0.717) is 55.4 Å². The molecule has 30 heavy (non-hydrogen) atoms. The predicted octanol–water partition coefficient (Wildman–Crippen LogP) is 2.31. The van der Waals surface area contributed by atoms with E-state index in [4.69, 9.17) is 14.2 Å². The highest BCUT2D eigenvalue weighted by molar-refractivity contribution is 6.46. The van der Waals surface area contributed by atoms with Crippen LogP contribution < -0.4 is 9.47 Å². The highest BCUT2D eigenvalue weighted by Crippen LogP contribution is 2.40. The van der Waals surface area contributed by atoms with Crippen molar-refractivity contribution in [1.82, 2.24) is 9.88 Å². The average Bonchev–Trinajstić information content (AvgIpc) is 3.04. The third-order valence-corrected chi connectivity index (χ3v) is 5.12. The fourth-order valence-corrected chi connectivity index (χ4v) is 3.73. The van der Waals surface area contributed by atoms with Crippen LogP contribution in [0.1, 0.15) is 23.6 Å². The Bertz CT molecular complexity index is 988. The zero-order chi connectivity index (χ0) is 21.1. The second kappa shape index (κ2) is 8.54. The van der Waals surface area contributed by atoms with Gasteiger partial charge in [0.15, 0.2) is 11.5 Å². The van der Waals surface area contributed by atoms with E-state index in [1.54, 1.807) is 49.8 Å². The number of carbonyl (C=O) groups excluding carboxylic acids is 2. The first-order valence-electron chi connectivity index (χ1n) is 9.69. The second-order valence-corrected chi connectivity index (χ2v) is 6.98. The van der Waals surface area contributed by atoms with Crippen LogP contribution >= 0.6 is 0 Å². The van der Waals surface area contributed by atoms with Crippen molar-refractivity contribution in [3.63, 3.8) is 0 Å². The molecule has 8 heteroatoms. The fourth-order valence-electron chi connectivity index (χ4n) is 3.73. The van der Waals surface area contributed by atoms with Crippen molar-refractivity contribution in [3.8, 4) is 11.5 Å². The van der Waals surface area contributed by atoms with Crippen molar-refractivity contribution in [2.45, 2.75) is 12.5 Å². The van der Waals surface area contributed by atoms with E-state index in [1.807, 2.05) is 0 Å². The number of aromatic nitrogens is 1. The maximum Gasteiger partial charge on any atom is 0.295 e. The van der Waals surface area contributed by atoms with E-state index in [0.717, 1.165) is 0 Å². The smallest absolute Gasteiger partial charge is 0.295 e. The number of likely N-dealkylation sites (tertiary alicyclic amines) is 1. The Morgan fingerprint density at radius 2 is 1.90 bits per heavy atom. The molecule has 8 nitrogen and oxygen atoms in total. The molecule has 0 spiro atoms. The molecule has 2 aliphatic heterocycles. The molecular formula is C22H22N2O6. The topological polar surface area (TPSA) is 98.2 Å². The highest BCUT2D eigenvalue weighted by Gasteiger charge is 2.45. The number of ketones is 1. The van der Waals surface area contributed by atoms with E-state index in [-0.39, 0.29) is 11.3 Å². The second-order valence-electron chi connectivity index (χ2n) is 6.98. The average molecular weight is 410 g/mol. The molecule has 0 saturated carbocycles. The van der Waals surface area contributed by atoms with Crippen LogP contribution in [-0.4, -0.2) is 60.2 Å². The van der Waals surface area contributed by atoms with Crippen LogP contribution in [0.3, 0.4) is 0 Å². The van der Waals surface area contributed by atoms with Gasteiger partial charge in [-0.2, -0.15) is 0 Å². The first kappa shape index (κ1) is 19.9. The Morgan fingerprint density at radius 3 is 2.63 bits per heavy atom. The molecule has 156 valence electrons. The van der Waals surface area contributed by atoms with Crippen molar-refractivity contribution >= 4 is 17.4 Å². The number of benzene rings is 1. The molecule has 1 aromatic carbocycles. The zero-order valence-electron chi connectivity index (χ0n) is 16.5. The summed E-state index contributed by atoms with van der Waals surface area (Å²) in [6.07, 6.45) is 3.75. The summed E-state index contributed by atoms with van der Waals surface area (Å²) in [6, 6.07) is 7.70. The number of ether oxygens (including phenoxy) is 3. The summed E-state index contributed by atoms with van der Waals surface area (Å²) in [5, 5.41) is 11.1. The van der Waals surface area contributed by atoms with Gasteiger partial charge in [-0.25, -0.2) is 0 Å². The first-order chi connectivity index (χ1) is 14.6. The number of hydrogen-bond acceptors (Lipinski definition) is 7. The van der Waals surface area contributed by atoms with Crippen molar-refractivity contribution < 1.29 is 28.9 Å². The molecule has 1 amide bonds. The van der Waals surface area contributed by atoms with Gasteiger partial charge < -0.3 is 24.2 Å². The molecule has 0 aliphatic carbocycles. The van der Waals surface area contributed by atoms with Gasteiger partial charge in [0, 0.05) is 38.2 Å². The van der Waals surface area contributed by atoms with Gasteiger partial charge in [0.25, 0.3) is 11.7 Å². The number of aliphatic hydroxyl groups is 1. The number of Topliss-reactive ketones (excluding diaryl/α,β-unsaturated/α-hetero) is 1. The molecule has 1 unspecified atom stereocenters. The molecule has 0 bridgehead atoms. The minimum atomic E-state index is -0.721. The minimum Gasteiger partial charge on any atom is -0.507 e. The highest BCUT2D eigenvalue weighted by atomic mass is 16.6. The third-order valence-electron chi connectivity index (χ3n) is 5.12. The number of nitrogens with zero attached hydrogens (tertiary/aromatic N) is 2. The molecule has 1 N–H and O–H groups in total. The minimum absolute atomic E-state index is 0.0419. The summed E-state index contributed by atoms with van der Waals surface area (Å²) in [6.45, 7) is 1.63. The largest absolute Gasteiger partial charge is 0.507 e. The van der Waals surface area contributed by atoms with Crippen LogP contribution in [-0.2, 0) is 14.3 Å². The van der Waals surface area contributed by atoms with Crippen LogP contribution in [0.15, 0.2) is 48.3 Å². The lowest BCUT2D eigenvalue weighted by Crippen LogP contribution is -2.31. The van der Waals surface area contributed by atoms with E-state index < -0.39 is 17.7 Å². The van der Waals surface area contributed by atoms with Gasteiger partial charge in [0.05, 0.1) is 11.6 Å². The first-order valence-corrected chi connectivity index (χ1v) is 9.69. The summed E-state index contributed by atoms with van der Waals surface area (Å²) in [7, 11) is 1.58. The Labute approximate surface area is 173 Å². The van der Waals surface area contributed by atoms with Gasteiger partial charge in [0.2, 0.25) is 0 Å². The summed E-state index contributed by atoms with van der Waals surface area (Å²) < 4.78 is 16.2. The third kappa shape index (κ3) is 3.61. The van der Waals surface area contributed by atoms with Crippen LogP contribution in [0, 0.1) is 0 Å². The number of amides is 1. The molecule has 2 aromatic rings. The SMILES string of the molecule is COCCCN1C(=O)C(=O)C(=C(O)c2ccc3c(c2)OCCO3)C1c1ccncc1. The molecular weight excluding hydrogens is 388 g/mol. The summed E-state index contributed by atoms with van der Waals surface area (Å²) in [5.41, 5.74) is 1.12. The number of aliphatic hydroxyl groups excluding tert-OH is 1. The number of carbonyl (C=O) groups is 2. The standard InChI is InChI=1S/C22H22N2O6/c1-28-10-2-9-24-19(14-5-7-23-8-6-14)18(21(26)22(24)27)20(25)15-3-4-16-17(13-15)30-12-11-29-16/h3-8,13,19,25H,2,9-12H2,1H3. The molecule has 0 radical (unpaired) electrons. The molecule has 1 saturated heterocycles. The Kier molecular flexibility index (Phi) is 5.67. The van der Waals surface area contributed by atoms with E-state index in [1.165, 1.54) is 4.90 Å². The fraction of sp³-hybridized carbons (Fsp3) is 0.318. The lowest BCUT2D eigenvalue weighted by atomic mass is 9.95. The summed E-state index contributed by atoms with van der Waals surface area (Å²) in [5.74, 6) is -0.557. The van der Waals surface area contributed by atoms with Crippen molar-refractivity contribution in [1.29, 1.82) is 0 Å². The van der Waals surface area contributed by atoms with E-state index >= 15 is 0 Å². The molecule has 1 aromatic heterocycles. The summed E-state index contributed by atoms with van der Waals surface area (Å²) >= 11 is 0. The number of rotatable bonds is 6. The number of pyridine rings is 1. The Balaban J connectivity index is 1.79. The van der Waals surface area contributed by atoms with Crippen molar-refractivity contribution in [2.24, 2.45) is 0 Å². The van der Waals surface area contributed by atoms with Crippen LogP contribution in [0.4, 0.5) is 0 Å². The van der Waals surface area contributed by atoms with Gasteiger partial charge >= 0.3 is 0 Å². The van der Waals surface area contributed by atoms with Gasteiger partial charge in [0.1, 0.15) is 19.0 Å². The number of hydrogen-bond donors (Lipinski definition) is 1. The molecule has 1 fully saturated rings. The van der Waals surface area contributed by atoms with Crippen LogP contribution in [0.2, 0.25) is 0 Å². The Morgan fingerprint density at radius 1 is 1.17 bits per heavy atom. The lowest BCUT2D eigenvalue weighted by Gasteiger charge is -2.25. The normalized spacial score (nSPS) is 19.9. The van der Waals surface area contributed by atoms with Gasteiger partial charge in [-0.1, -0.05) is 0 Å². The maximum absolute atomic E-state index is 12.9. The van der Waals surface area contributed by atoms with Gasteiger partial charge in [-0.3, -0.25) is 14.6 Å². The number of methoxy groups -OCH3 is 1. The predicted molar refractivity (Wildman–Crippen MR) is 107 cm³/mol. The monoisotopic (exact) mass is 410 g/mol. The van der Waals surface area contributed by atoms with E-state index in [9.17, 15) is 14.7 Å². The zero-order valence-corrected chi connectivity index (χ0v) is 16.5.